The quantitative estimate of drug-likeness (QED) is 0.0958. The molecule has 0 aromatic rings. The molecule has 1 atom stereocenters. The Morgan fingerprint density at radius 2 is 1.06 bits per heavy atom. The molecule has 0 saturated carbocycles. The van der Waals surface area contributed by atoms with Gasteiger partial charge in [-0.1, -0.05) is 130 Å². The lowest BCUT2D eigenvalue weighted by Crippen LogP contribution is -2.18. The fraction of sp³-hybridized carbons (Fsp3) is 0.929. The third-order valence-electron chi connectivity index (χ3n) is 6.18. The number of ether oxygens (including phenoxy) is 1. The Balaban J connectivity index is 3.45. The molecule has 1 N–H and O–H groups in total. The van der Waals surface area contributed by atoms with Crippen LogP contribution in [0.3, 0.4) is 0 Å². The molecule has 0 aliphatic carbocycles. The van der Waals surface area contributed by atoms with Crippen molar-refractivity contribution < 1.29 is 19.4 Å². The van der Waals surface area contributed by atoms with Gasteiger partial charge >= 0.3 is 11.9 Å². The van der Waals surface area contributed by atoms with Crippen molar-refractivity contribution in [2.75, 3.05) is 0 Å². The number of aliphatic hydroxyl groups excluding tert-OH is 1. The van der Waals surface area contributed by atoms with Crippen LogP contribution in [0.25, 0.3) is 0 Å². The second-order valence-electron chi connectivity index (χ2n) is 10.1. The van der Waals surface area contributed by atoms with E-state index >= 15 is 0 Å². The van der Waals surface area contributed by atoms with Crippen LogP contribution in [0, 0.1) is 5.92 Å². The predicted molar refractivity (Wildman–Crippen MR) is 135 cm³/mol. The highest BCUT2D eigenvalue weighted by atomic mass is 16.6. The van der Waals surface area contributed by atoms with E-state index < -0.39 is 18.0 Å². The summed E-state index contributed by atoms with van der Waals surface area (Å²) in [6.07, 6.45) is 22.0. The Morgan fingerprint density at radius 3 is 1.56 bits per heavy atom. The average Bonchev–Trinajstić information content (AvgIpc) is 2.73. The average molecular weight is 455 g/mol. The summed E-state index contributed by atoms with van der Waals surface area (Å²) in [7, 11) is 0. The number of hydrogen-bond acceptors (Lipinski definition) is 4. The molecule has 0 spiro atoms. The summed E-state index contributed by atoms with van der Waals surface area (Å²) in [5.74, 6) is -0.199. The highest BCUT2D eigenvalue weighted by Crippen LogP contribution is 2.14. The first-order valence-corrected chi connectivity index (χ1v) is 13.9. The van der Waals surface area contributed by atoms with Crippen LogP contribution in [0.5, 0.6) is 0 Å². The minimum atomic E-state index is -0.693. The molecule has 0 bridgehead atoms. The standard InChI is InChI=1S/C28H54O4/c1-4-5-6-7-12-16-19-22-26(29)24-28(31)32-27(30)23-20-17-14-11-9-8-10-13-15-18-21-25(2)3/h25-26,29H,4-24H2,1-3H3. The van der Waals surface area contributed by atoms with Crippen LogP contribution in [0.1, 0.15) is 156 Å². The molecule has 4 nitrogen and oxygen atoms in total. The second kappa shape index (κ2) is 23.3. The third-order valence-corrected chi connectivity index (χ3v) is 6.18. The minimum Gasteiger partial charge on any atom is -0.393 e. The summed E-state index contributed by atoms with van der Waals surface area (Å²) in [5, 5.41) is 9.96. The lowest BCUT2D eigenvalue weighted by Gasteiger charge is -2.09. The van der Waals surface area contributed by atoms with Crippen LogP contribution >= 0.6 is 0 Å². The summed E-state index contributed by atoms with van der Waals surface area (Å²) in [4.78, 5) is 23.6. The van der Waals surface area contributed by atoms with E-state index in [0.29, 0.717) is 12.8 Å². The van der Waals surface area contributed by atoms with Gasteiger partial charge in [0.2, 0.25) is 0 Å². The van der Waals surface area contributed by atoms with Crippen molar-refractivity contribution in [3.05, 3.63) is 0 Å². The van der Waals surface area contributed by atoms with Crippen LogP contribution < -0.4 is 0 Å². The lowest BCUT2D eigenvalue weighted by atomic mass is 10.0. The molecule has 0 aliphatic rings. The van der Waals surface area contributed by atoms with Gasteiger partial charge in [0, 0.05) is 6.42 Å². The van der Waals surface area contributed by atoms with Gasteiger partial charge in [0.25, 0.3) is 0 Å². The zero-order valence-corrected chi connectivity index (χ0v) is 21.7. The Morgan fingerprint density at radius 1 is 0.625 bits per heavy atom. The van der Waals surface area contributed by atoms with E-state index in [1.54, 1.807) is 0 Å². The van der Waals surface area contributed by atoms with Crippen LogP contribution in [0.2, 0.25) is 0 Å². The fourth-order valence-electron chi connectivity index (χ4n) is 4.09. The van der Waals surface area contributed by atoms with Crippen molar-refractivity contribution >= 4 is 11.9 Å². The zero-order valence-electron chi connectivity index (χ0n) is 21.7. The molecule has 4 heteroatoms. The van der Waals surface area contributed by atoms with E-state index in [2.05, 4.69) is 20.8 Å². The van der Waals surface area contributed by atoms with Gasteiger partial charge in [-0.15, -0.1) is 0 Å². The van der Waals surface area contributed by atoms with Crippen molar-refractivity contribution in [2.24, 2.45) is 5.92 Å². The highest BCUT2D eigenvalue weighted by molar-refractivity contribution is 5.85. The molecular formula is C28H54O4. The molecular weight excluding hydrogens is 400 g/mol. The van der Waals surface area contributed by atoms with Gasteiger partial charge in [-0.3, -0.25) is 9.59 Å². The third kappa shape index (κ3) is 23.8. The smallest absolute Gasteiger partial charge is 0.316 e. The topological polar surface area (TPSA) is 63.6 Å². The van der Waals surface area contributed by atoms with Crippen molar-refractivity contribution in [3.63, 3.8) is 0 Å². The van der Waals surface area contributed by atoms with Gasteiger partial charge in [-0.05, 0) is 18.8 Å². The van der Waals surface area contributed by atoms with Crippen LogP contribution in [0.15, 0.2) is 0 Å². The largest absolute Gasteiger partial charge is 0.393 e. The molecule has 0 aromatic heterocycles. The van der Waals surface area contributed by atoms with Gasteiger partial charge in [0.15, 0.2) is 0 Å². The first-order valence-electron chi connectivity index (χ1n) is 13.9. The SMILES string of the molecule is CCCCCCCCCC(O)CC(=O)OC(=O)CCCCCCCCCCCCC(C)C. The highest BCUT2D eigenvalue weighted by Gasteiger charge is 2.15. The Kier molecular flexibility index (Phi) is 22.6. The first-order chi connectivity index (χ1) is 15.5. The number of unbranched alkanes of at least 4 members (excludes halogenated alkanes) is 15. The molecule has 0 saturated heterocycles. The monoisotopic (exact) mass is 454 g/mol. The van der Waals surface area contributed by atoms with Gasteiger partial charge in [0.05, 0.1) is 12.5 Å². The maximum Gasteiger partial charge on any atom is 0.316 e. The van der Waals surface area contributed by atoms with Crippen molar-refractivity contribution in [1.29, 1.82) is 0 Å². The molecule has 0 aliphatic heterocycles. The van der Waals surface area contributed by atoms with Crippen molar-refractivity contribution in [3.8, 4) is 0 Å². The van der Waals surface area contributed by atoms with E-state index in [1.165, 1.54) is 83.5 Å². The van der Waals surface area contributed by atoms with E-state index in [9.17, 15) is 14.7 Å². The molecule has 0 heterocycles. The number of hydrogen-bond donors (Lipinski definition) is 1. The van der Waals surface area contributed by atoms with Crippen LogP contribution in [-0.2, 0) is 14.3 Å². The lowest BCUT2D eigenvalue weighted by molar-refractivity contribution is -0.161. The maximum atomic E-state index is 11.8. The van der Waals surface area contributed by atoms with Crippen LogP contribution in [-0.4, -0.2) is 23.1 Å². The number of carbonyl (C=O) groups is 2. The molecule has 190 valence electrons. The zero-order chi connectivity index (χ0) is 23.9. The van der Waals surface area contributed by atoms with E-state index in [0.717, 1.165) is 38.0 Å². The van der Waals surface area contributed by atoms with Crippen molar-refractivity contribution in [2.45, 2.75) is 162 Å². The number of carbonyl (C=O) groups excluding carboxylic acids is 2. The van der Waals surface area contributed by atoms with Crippen LogP contribution in [0.4, 0.5) is 0 Å². The summed E-state index contributed by atoms with van der Waals surface area (Å²) < 4.78 is 4.86. The van der Waals surface area contributed by atoms with E-state index in [-0.39, 0.29) is 6.42 Å². The van der Waals surface area contributed by atoms with Gasteiger partial charge in [-0.2, -0.15) is 0 Å². The predicted octanol–water partition coefficient (Wildman–Crippen LogP) is 8.29. The van der Waals surface area contributed by atoms with E-state index in [4.69, 9.17) is 4.74 Å². The van der Waals surface area contributed by atoms with E-state index in [1.807, 2.05) is 0 Å². The fourth-order valence-corrected chi connectivity index (χ4v) is 4.09. The molecule has 0 amide bonds. The molecule has 0 aromatic carbocycles. The summed E-state index contributed by atoms with van der Waals surface area (Å²) >= 11 is 0. The number of aliphatic hydroxyl groups is 1. The summed E-state index contributed by atoms with van der Waals surface area (Å²) in [6, 6.07) is 0. The molecule has 32 heavy (non-hydrogen) atoms. The summed E-state index contributed by atoms with van der Waals surface area (Å²) in [5.41, 5.74) is 0. The first kappa shape index (κ1) is 31.1. The number of rotatable bonds is 23. The Labute approximate surface area is 199 Å². The molecule has 0 fully saturated rings. The molecule has 1 unspecified atom stereocenters. The summed E-state index contributed by atoms with van der Waals surface area (Å²) in [6.45, 7) is 6.79. The Bertz CT molecular complexity index is 433. The molecule has 0 rings (SSSR count). The minimum absolute atomic E-state index is 0.0704. The Hall–Kier alpha value is -0.900. The second-order valence-corrected chi connectivity index (χ2v) is 10.1. The normalized spacial score (nSPS) is 12.3. The van der Waals surface area contributed by atoms with Gasteiger partial charge < -0.3 is 9.84 Å². The van der Waals surface area contributed by atoms with Gasteiger partial charge in [-0.25, -0.2) is 0 Å². The van der Waals surface area contributed by atoms with Crippen molar-refractivity contribution in [1.82, 2.24) is 0 Å². The molecule has 0 radical (unpaired) electrons. The maximum absolute atomic E-state index is 11.8. The number of esters is 2. The van der Waals surface area contributed by atoms with Gasteiger partial charge in [0.1, 0.15) is 0 Å².